The van der Waals surface area contributed by atoms with Gasteiger partial charge in [0.1, 0.15) is 5.75 Å². The van der Waals surface area contributed by atoms with Crippen LogP contribution in [0.2, 0.25) is 0 Å². The van der Waals surface area contributed by atoms with E-state index in [0.29, 0.717) is 35.7 Å². The molecule has 0 aliphatic rings. The number of hydrogen-bond donors (Lipinski definition) is 1. The molecule has 2 rings (SSSR count). The van der Waals surface area contributed by atoms with E-state index in [1.54, 1.807) is 13.2 Å². The molecule has 0 radical (unpaired) electrons. The van der Waals surface area contributed by atoms with Crippen molar-refractivity contribution in [2.75, 3.05) is 19.4 Å². The molecule has 26 heavy (non-hydrogen) atoms. The van der Waals surface area contributed by atoms with E-state index in [1.807, 2.05) is 28.8 Å². The van der Waals surface area contributed by atoms with Crippen LogP contribution in [0, 0.1) is 5.92 Å². The number of aromatic nitrogens is 3. The van der Waals surface area contributed by atoms with Gasteiger partial charge in [0.05, 0.1) is 18.4 Å². The highest BCUT2D eigenvalue weighted by Crippen LogP contribution is 2.30. The lowest BCUT2D eigenvalue weighted by Gasteiger charge is -2.11. The predicted octanol–water partition coefficient (Wildman–Crippen LogP) is 3.39. The van der Waals surface area contributed by atoms with Crippen LogP contribution in [0.25, 0.3) is 11.4 Å². The first-order valence-corrected chi connectivity index (χ1v) is 9.62. The van der Waals surface area contributed by atoms with Gasteiger partial charge in [0.2, 0.25) is 5.91 Å². The third-order valence-electron chi connectivity index (χ3n) is 3.75. The topological polar surface area (TPSA) is 69.0 Å². The maximum atomic E-state index is 12.0. The number of methoxy groups -OCH3 is 1. The van der Waals surface area contributed by atoms with Crippen LogP contribution in [0.3, 0.4) is 0 Å². The molecule has 1 N–H and O–H groups in total. The van der Waals surface area contributed by atoms with Gasteiger partial charge in [-0.1, -0.05) is 43.8 Å². The van der Waals surface area contributed by atoms with Crippen LogP contribution in [0.4, 0.5) is 0 Å². The van der Waals surface area contributed by atoms with Gasteiger partial charge in [0.15, 0.2) is 11.0 Å². The Hall–Kier alpha value is -2.28. The monoisotopic (exact) mass is 374 g/mol. The Morgan fingerprint density at radius 3 is 2.85 bits per heavy atom. The first-order valence-electron chi connectivity index (χ1n) is 8.63. The van der Waals surface area contributed by atoms with E-state index >= 15 is 0 Å². The Kier molecular flexibility index (Phi) is 7.72. The van der Waals surface area contributed by atoms with Gasteiger partial charge in [-0.2, -0.15) is 0 Å². The zero-order valence-corrected chi connectivity index (χ0v) is 16.4. The molecule has 0 bridgehead atoms. The number of hydrogen-bond acceptors (Lipinski definition) is 5. The second-order valence-electron chi connectivity index (χ2n) is 6.23. The highest BCUT2D eigenvalue weighted by Gasteiger charge is 2.17. The predicted molar refractivity (Wildman–Crippen MR) is 105 cm³/mol. The van der Waals surface area contributed by atoms with Gasteiger partial charge in [0.25, 0.3) is 0 Å². The van der Waals surface area contributed by atoms with Crippen molar-refractivity contribution in [1.82, 2.24) is 20.1 Å². The van der Waals surface area contributed by atoms with E-state index in [4.69, 9.17) is 4.74 Å². The maximum Gasteiger partial charge on any atom is 0.230 e. The lowest BCUT2D eigenvalue weighted by Crippen LogP contribution is -2.27. The summed E-state index contributed by atoms with van der Waals surface area (Å²) in [7, 11) is 1.63. The van der Waals surface area contributed by atoms with Crippen LogP contribution < -0.4 is 10.1 Å². The number of nitrogens with one attached hydrogen (secondary N) is 1. The molecule has 0 saturated heterocycles. The largest absolute Gasteiger partial charge is 0.496 e. The summed E-state index contributed by atoms with van der Waals surface area (Å²) in [5.41, 5.74) is 0.859. The number of ether oxygens (including phenoxy) is 1. The fraction of sp³-hybridized carbons (Fsp3) is 0.421. The van der Waals surface area contributed by atoms with Crippen LogP contribution in [0.15, 0.2) is 42.1 Å². The number of para-hydroxylation sites is 1. The molecular formula is C19H26N4O2S. The minimum Gasteiger partial charge on any atom is -0.496 e. The quantitative estimate of drug-likeness (QED) is 0.510. The van der Waals surface area contributed by atoms with Crippen LogP contribution in [0.5, 0.6) is 5.75 Å². The molecule has 1 heterocycles. The van der Waals surface area contributed by atoms with Gasteiger partial charge in [-0.3, -0.25) is 9.36 Å². The van der Waals surface area contributed by atoms with Gasteiger partial charge < -0.3 is 10.1 Å². The summed E-state index contributed by atoms with van der Waals surface area (Å²) in [4.78, 5) is 12.0. The Morgan fingerprint density at radius 1 is 1.38 bits per heavy atom. The molecule has 1 amide bonds. The molecule has 0 spiro atoms. The van der Waals surface area contributed by atoms with Gasteiger partial charge in [-0.25, -0.2) is 0 Å². The molecule has 7 heteroatoms. The third kappa shape index (κ3) is 5.36. The van der Waals surface area contributed by atoms with Crippen molar-refractivity contribution >= 4 is 17.7 Å². The number of nitrogens with zero attached hydrogens (tertiary/aromatic N) is 3. The minimum absolute atomic E-state index is 0.00245. The van der Waals surface area contributed by atoms with E-state index in [-0.39, 0.29) is 5.91 Å². The molecule has 140 valence electrons. The summed E-state index contributed by atoms with van der Waals surface area (Å²) < 4.78 is 7.37. The van der Waals surface area contributed by atoms with Crippen molar-refractivity contribution in [2.45, 2.75) is 32.0 Å². The van der Waals surface area contributed by atoms with Crippen molar-refractivity contribution in [2.24, 2.45) is 5.92 Å². The zero-order valence-electron chi connectivity index (χ0n) is 15.6. The summed E-state index contributed by atoms with van der Waals surface area (Å²) in [6, 6.07) is 7.67. The number of carbonyl (C=O) groups is 1. The molecule has 0 fully saturated rings. The molecule has 0 saturated carbocycles. The number of benzene rings is 1. The fourth-order valence-corrected chi connectivity index (χ4v) is 3.18. The second kappa shape index (κ2) is 10.0. The lowest BCUT2D eigenvalue weighted by molar-refractivity contribution is -0.118. The SMILES string of the molecule is C=CCn1c(SCC(=O)NCCC(C)C)nnc1-c1ccccc1OC. The van der Waals surface area contributed by atoms with Crippen molar-refractivity contribution in [3.8, 4) is 17.1 Å². The highest BCUT2D eigenvalue weighted by atomic mass is 32.2. The van der Waals surface area contributed by atoms with Crippen molar-refractivity contribution in [3.05, 3.63) is 36.9 Å². The summed E-state index contributed by atoms with van der Waals surface area (Å²) >= 11 is 1.37. The van der Waals surface area contributed by atoms with Gasteiger partial charge >= 0.3 is 0 Å². The molecule has 0 aliphatic carbocycles. The number of carbonyl (C=O) groups excluding carboxylic acids is 1. The normalized spacial score (nSPS) is 10.8. The van der Waals surface area contributed by atoms with Crippen LogP contribution >= 0.6 is 11.8 Å². The molecule has 2 aromatic rings. The summed E-state index contributed by atoms with van der Waals surface area (Å²) in [6.45, 7) is 9.33. The van der Waals surface area contributed by atoms with Gasteiger partial charge in [-0.15, -0.1) is 16.8 Å². The first-order chi connectivity index (χ1) is 12.6. The van der Waals surface area contributed by atoms with E-state index < -0.39 is 0 Å². The fourth-order valence-electron chi connectivity index (χ4n) is 2.40. The number of allylic oxidation sites excluding steroid dienone is 1. The Balaban J connectivity index is 2.11. The third-order valence-corrected chi connectivity index (χ3v) is 4.72. The number of rotatable bonds is 10. The van der Waals surface area contributed by atoms with Crippen LogP contribution in [-0.4, -0.2) is 40.1 Å². The smallest absolute Gasteiger partial charge is 0.230 e. The summed E-state index contributed by atoms with van der Waals surface area (Å²) in [5.74, 6) is 2.31. The maximum absolute atomic E-state index is 12.0. The Morgan fingerprint density at radius 2 is 2.15 bits per heavy atom. The highest BCUT2D eigenvalue weighted by molar-refractivity contribution is 7.99. The Bertz CT molecular complexity index is 743. The number of thioether (sulfide) groups is 1. The molecule has 1 aromatic carbocycles. The molecule has 0 unspecified atom stereocenters. The molecule has 0 aliphatic heterocycles. The average Bonchev–Trinajstić information content (AvgIpc) is 3.02. The van der Waals surface area contributed by atoms with Crippen molar-refractivity contribution < 1.29 is 9.53 Å². The zero-order chi connectivity index (χ0) is 18.9. The van der Waals surface area contributed by atoms with Gasteiger partial charge in [-0.05, 0) is 24.5 Å². The van der Waals surface area contributed by atoms with Crippen LogP contribution in [-0.2, 0) is 11.3 Å². The summed E-state index contributed by atoms with van der Waals surface area (Å²) in [6.07, 6.45) is 2.76. The molecule has 0 atom stereocenters. The lowest BCUT2D eigenvalue weighted by atomic mass is 10.1. The standard InChI is InChI=1S/C19H26N4O2S/c1-5-12-23-18(15-8-6-7-9-16(15)25-4)21-22-19(23)26-13-17(24)20-11-10-14(2)3/h5-9,14H,1,10-13H2,2-4H3,(H,20,24). The van der Waals surface area contributed by atoms with Crippen molar-refractivity contribution in [1.29, 1.82) is 0 Å². The van der Waals surface area contributed by atoms with Crippen LogP contribution in [0.1, 0.15) is 20.3 Å². The molecular weight excluding hydrogens is 348 g/mol. The number of amides is 1. The molecule has 1 aromatic heterocycles. The van der Waals surface area contributed by atoms with Gasteiger partial charge in [0, 0.05) is 13.1 Å². The Labute approximate surface area is 159 Å². The average molecular weight is 375 g/mol. The molecule has 6 nitrogen and oxygen atoms in total. The van der Waals surface area contributed by atoms with Crippen molar-refractivity contribution in [3.63, 3.8) is 0 Å². The van der Waals surface area contributed by atoms with E-state index in [9.17, 15) is 4.79 Å². The first kappa shape index (κ1) is 20.0. The minimum atomic E-state index is 0.00245. The van der Waals surface area contributed by atoms with E-state index in [2.05, 4.69) is 35.9 Å². The van der Waals surface area contributed by atoms with E-state index in [0.717, 1.165) is 17.7 Å². The van der Waals surface area contributed by atoms with E-state index in [1.165, 1.54) is 11.8 Å². The summed E-state index contributed by atoms with van der Waals surface area (Å²) in [5, 5.41) is 12.2. The second-order valence-corrected chi connectivity index (χ2v) is 7.17.